The average molecular weight is 388 g/mol. The van der Waals surface area contributed by atoms with Gasteiger partial charge in [0.25, 0.3) is 0 Å². The van der Waals surface area contributed by atoms with Crippen LogP contribution in [0.5, 0.6) is 0 Å². The fourth-order valence-corrected chi connectivity index (χ4v) is 3.10. The molecule has 0 aliphatic heterocycles. The molecule has 1 heterocycles. The van der Waals surface area contributed by atoms with Crippen LogP contribution in [-0.4, -0.2) is 30.1 Å². The van der Waals surface area contributed by atoms with Crippen LogP contribution in [0, 0.1) is 0 Å². The number of ether oxygens (including phenoxy) is 2. The molecule has 0 fully saturated rings. The smallest absolute Gasteiger partial charge is 0.357 e. The molecule has 1 aromatic heterocycles. The second-order valence-corrected chi connectivity index (χ2v) is 6.48. The molecule has 0 unspecified atom stereocenters. The van der Waals surface area contributed by atoms with Gasteiger partial charge in [-0.1, -0.05) is 41.9 Å². The topological polar surface area (TPSA) is 65.5 Å². The van der Waals surface area contributed by atoms with E-state index in [-0.39, 0.29) is 18.9 Å². The highest BCUT2D eigenvalue weighted by Crippen LogP contribution is 2.26. The molecule has 0 aliphatic rings. The van der Waals surface area contributed by atoms with Gasteiger partial charge in [-0.15, -0.1) is 11.3 Å². The fraction of sp³-hybridized carbons (Fsp3) is 0.105. The van der Waals surface area contributed by atoms with Crippen molar-refractivity contribution in [2.24, 2.45) is 0 Å². The normalized spacial score (nSPS) is 10.3. The highest BCUT2D eigenvalue weighted by atomic mass is 35.5. The SMILES string of the molecule is O=C(OCCOC(=O)c1csc(-c2cccc(Cl)c2)n1)c1ccccc1. The first-order valence-corrected chi connectivity index (χ1v) is 9.00. The molecular formula is C19H14ClNO4S. The van der Waals surface area contributed by atoms with Crippen molar-refractivity contribution in [1.82, 2.24) is 4.98 Å². The van der Waals surface area contributed by atoms with Crippen molar-refractivity contribution >= 4 is 34.9 Å². The third-order valence-electron chi connectivity index (χ3n) is 3.34. The zero-order valence-electron chi connectivity index (χ0n) is 13.6. The van der Waals surface area contributed by atoms with Crippen LogP contribution >= 0.6 is 22.9 Å². The Morgan fingerprint density at radius 3 is 2.42 bits per heavy atom. The molecule has 3 aromatic rings. The quantitative estimate of drug-likeness (QED) is 0.461. The molecule has 0 amide bonds. The van der Waals surface area contributed by atoms with Gasteiger partial charge in [0, 0.05) is 16.0 Å². The first-order chi connectivity index (χ1) is 12.6. The Kier molecular flexibility index (Phi) is 5.99. The maximum absolute atomic E-state index is 12.0. The van der Waals surface area contributed by atoms with Gasteiger partial charge < -0.3 is 9.47 Å². The lowest BCUT2D eigenvalue weighted by atomic mass is 10.2. The number of benzene rings is 2. The average Bonchev–Trinajstić information content (AvgIpc) is 3.16. The van der Waals surface area contributed by atoms with Gasteiger partial charge >= 0.3 is 11.9 Å². The number of nitrogens with zero attached hydrogens (tertiary/aromatic N) is 1. The number of thiazole rings is 1. The fourth-order valence-electron chi connectivity index (χ4n) is 2.12. The van der Waals surface area contributed by atoms with E-state index in [2.05, 4.69) is 4.98 Å². The van der Waals surface area contributed by atoms with Crippen LogP contribution < -0.4 is 0 Å². The number of aromatic nitrogens is 1. The largest absolute Gasteiger partial charge is 0.458 e. The third-order valence-corrected chi connectivity index (χ3v) is 4.47. The van der Waals surface area contributed by atoms with Gasteiger partial charge in [-0.25, -0.2) is 14.6 Å². The molecule has 132 valence electrons. The summed E-state index contributed by atoms with van der Waals surface area (Å²) < 4.78 is 10.1. The minimum absolute atomic E-state index is 0.0231. The van der Waals surface area contributed by atoms with Crippen molar-refractivity contribution in [1.29, 1.82) is 0 Å². The zero-order chi connectivity index (χ0) is 18.4. The van der Waals surface area contributed by atoms with E-state index in [4.69, 9.17) is 21.1 Å². The summed E-state index contributed by atoms with van der Waals surface area (Å²) in [7, 11) is 0. The molecule has 5 nitrogen and oxygen atoms in total. The zero-order valence-corrected chi connectivity index (χ0v) is 15.1. The van der Waals surface area contributed by atoms with Gasteiger partial charge in [0.05, 0.1) is 5.56 Å². The minimum atomic E-state index is -0.565. The van der Waals surface area contributed by atoms with Gasteiger partial charge in [0.15, 0.2) is 5.69 Å². The highest BCUT2D eigenvalue weighted by Gasteiger charge is 2.14. The van der Waals surface area contributed by atoms with Crippen LogP contribution in [0.15, 0.2) is 60.0 Å². The molecule has 0 saturated carbocycles. The number of halogens is 1. The number of rotatable bonds is 6. The van der Waals surface area contributed by atoms with Gasteiger partial charge in [-0.2, -0.15) is 0 Å². The van der Waals surface area contributed by atoms with Crippen LogP contribution in [0.2, 0.25) is 5.02 Å². The summed E-state index contributed by atoms with van der Waals surface area (Å²) in [5, 5.41) is 2.89. The molecule has 7 heteroatoms. The van der Waals surface area contributed by atoms with Gasteiger partial charge in [0.1, 0.15) is 18.2 Å². The molecule has 0 aliphatic carbocycles. The van der Waals surface area contributed by atoms with Crippen molar-refractivity contribution in [3.8, 4) is 10.6 Å². The summed E-state index contributed by atoms with van der Waals surface area (Å²) in [6, 6.07) is 15.8. The molecule has 0 saturated heterocycles. The van der Waals surface area contributed by atoms with Crippen molar-refractivity contribution in [2.75, 3.05) is 13.2 Å². The predicted molar refractivity (Wildman–Crippen MR) is 99.6 cm³/mol. The number of esters is 2. The van der Waals surface area contributed by atoms with Crippen molar-refractivity contribution in [3.05, 3.63) is 76.3 Å². The maximum Gasteiger partial charge on any atom is 0.357 e. The molecule has 0 spiro atoms. The lowest BCUT2D eigenvalue weighted by Crippen LogP contribution is -2.14. The van der Waals surface area contributed by atoms with Crippen LogP contribution in [-0.2, 0) is 9.47 Å². The second kappa shape index (κ2) is 8.60. The monoisotopic (exact) mass is 387 g/mol. The van der Waals surface area contributed by atoms with Crippen LogP contribution in [0.3, 0.4) is 0 Å². The van der Waals surface area contributed by atoms with Crippen LogP contribution in [0.4, 0.5) is 0 Å². The van der Waals surface area contributed by atoms with Crippen LogP contribution in [0.25, 0.3) is 10.6 Å². The summed E-state index contributed by atoms with van der Waals surface area (Å²) >= 11 is 7.29. The Bertz CT molecular complexity index is 911. The highest BCUT2D eigenvalue weighted by molar-refractivity contribution is 7.13. The summed E-state index contributed by atoms with van der Waals surface area (Å²) in [6.07, 6.45) is 0. The Balaban J connectivity index is 1.49. The Morgan fingerprint density at radius 1 is 0.962 bits per heavy atom. The summed E-state index contributed by atoms with van der Waals surface area (Å²) in [5.74, 6) is -1.02. The summed E-state index contributed by atoms with van der Waals surface area (Å²) in [6.45, 7) is -0.0633. The molecule has 2 aromatic carbocycles. The Morgan fingerprint density at radius 2 is 1.69 bits per heavy atom. The molecule has 3 rings (SSSR count). The lowest BCUT2D eigenvalue weighted by Gasteiger charge is -2.05. The number of carbonyl (C=O) groups is 2. The van der Waals surface area contributed by atoms with E-state index in [0.29, 0.717) is 15.6 Å². The van der Waals surface area contributed by atoms with Gasteiger partial charge in [0.2, 0.25) is 0 Å². The van der Waals surface area contributed by atoms with Crippen molar-refractivity contribution in [2.45, 2.75) is 0 Å². The second-order valence-electron chi connectivity index (χ2n) is 5.19. The number of carbonyl (C=O) groups excluding carboxylic acids is 2. The van der Waals surface area contributed by atoms with Crippen LogP contribution in [0.1, 0.15) is 20.8 Å². The first-order valence-electron chi connectivity index (χ1n) is 7.74. The number of hydrogen-bond donors (Lipinski definition) is 0. The summed E-state index contributed by atoms with van der Waals surface area (Å²) in [4.78, 5) is 28.0. The Labute approximate surface area is 159 Å². The van der Waals surface area contributed by atoms with Crippen molar-refractivity contribution < 1.29 is 19.1 Å². The van der Waals surface area contributed by atoms with E-state index < -0.39 is 11.9 Å². The van der Waals surface area contributed by atoms with E-state index in [1.165, 1.54) is 11.3 Å². The van der Waals surface area contributed by atoms with E-state index >= 15 is 0 Å². The first kappa shape index (κ1) is 18.1. The molecule has 0 N–H and O–H groups in total. The number of hydrogen-bond acceptors (Lipinski definition) is 6. The molecule has 0 bridgehead atoms. The molecule has 0 radical (unpaired) electrons. The van der Waals surface area contributed by atoms with E-state index in [1.807, 2.05) is 18.2 Å². The van der Waals surface area contributed by atoms with E-state index in [1.54, 1.807) is 41.8 Å². The minimum Gasteiger partial charge on any atom is -0.458 e. The maximum atomic E-state index is 12.0. The standard InChI is InChI=1S/C19H14ClNO4S/c20-15-8-4-7-14(11-15)17-21-16(12-26-17)19(23)25-10-9-24-18(22)13-5-2-1-3-6-13/h1-8,11-12H,9-10H2. The summed E-state index contributed by atoms with van der Waals surface area (Å²) in [5.41, 5.74) is 1.49. The third kappa shape index (κ3) is 4.68. The van der Waals surface area contributed by atoms with Crippen molar-refractivity contribution in [3.63, 3.8) is 0 Å². The Hall–Kier alpha value is -2.70. The lowest BCUT2D eigenvalue weighted by molar-refractivity contribution is 0.0262. The molecule has 0 atom stereocenters. The van der Waals surface area contributed by atoms with E-state index in [9.17, 15) is 9.59 Å². The molecular weight excluding hydrogens is 374 g/mol. The molecule has 26 heavy (non-hydrogen) atoms. The van der Waals surface area contributed by atoms with E-state index in [0.717, 1.165) is 5.56 Å². The van der Waals surface area contributed by atoms with Gasteiger partial charge in [-0.05, 0) is 24.3 Å². The van der Waals surface area contributed by atoms with Gasteiger partial charge in [-0.3, -0.25) is 0 Å². The predicted octanol–water partition coefficient (Wildman–Crippen LogP) is 4.48.